The van der Waals surface area contributed by atoms with Gasteiger partial charge in [-0.1, -0.05) is 48.5 Å². The Hall–Kier alpha value is -3.98. The lowest BCUT2D eigenvalue weighted by Crippen LogP contribution is -1.98. The third-order valence-electron chi connectivity index (χ3n) is 5.83. The second kappa shape index (κ2) is 8.64. The molecule has 0 spiro atoms. The zero-order chi connectivity index (χ0) is 21.9. The van der Waals surface area contributed by atoms with Crippen LogP contribution in [0.1, 0.15) is 16.8 Å². The summed E-state index contributed by atoms with van der Waals surface area (Å²) in [5.41, 5.74) is 9.22. The Bertz CT molecular complexity index is 1380. The molecule has 0 aliphatic heterocycles. The zero-order valence-electron chi connectivity index (χ0n) is 18.2. The molecule has 0 aliphatic rings. The molecule has 0 radical (unpaired) electrons. The van der Waals surface area contributed by atoms with Crippen LogP contribution >= 0.6 is 0 Å². The van der Waals surface area contributed by atoms with Crippen LogP contribution in [0, 0.1) is 13.8 Å². The monoisotopic (exact) mass is 416 g/mol. The van der Waals surface area contributed by atoms with Crippen molar-refractivity contribution in [3.63, 3.8) is 0 Å². The zero-order valence-corrected chi connectivity index (χ0v) is 18.2. The van der Waals surface area contributed by atoms with Gasteiger partial charge in [0.25, 0.3) is 0 Å². The molecule has 3 aromatic carbocycles. The van der Waals surface area contributed by atoms with E-state index in [-0.39, 0.29) is 0 Å². The Morgan fingerprint density at radius 2 is 1.34 bits per heavy atom. The molecule has 0 atom stereocenters. The molecule has 5 aromatic rings. The molecule has 0 N–H and O–H groups in total. The fraction of sp³-hybridized carbons (Fsp3) is 0.103. The quantitative estimate of drug-likeness (QED) is 0.305. The molecule has 0 bridgehead atoms. The van der Waals surface area contributed by atoms with E-state index >= 15 is 0 Å². The van der Waals surface area contributed by atoms with Crippen LogP contribution in [0.4, 0.5) is 0 Å². The third-order valence-corrected chi connectivity index (χ3v) is 5.83. The first-order valence-electron chi connectivity index (χ1n) is 10.8. The van der Waals surface area contributed by atoms with Gasteiger partial charge in [0.2, 0.25) is 0 Å². The highest BCUT2D eigenvalue weighted by Crippen LogP contribution is 2.35. The number of aryl methyl sites for hydroxylation is 2. The first-order chi connectivity index (χ1) is 15.7. The van der Waals surface area contributed by atoms with E-state index in [1.165, 1.54) is 27.8 Å². The molecule has 3 nitrogen and oxygen atoms in total. The van der Waals surface area contributed by atoms with Gasteiger partial charge in [-0.15, -0.1) is 0 Å². The molecule has 2 heterocycles. The second-order valence-electron chi connectivity index (χ2n) is 8.03. The van der Waals surface area contributed by atoms with Gasteiger partial charge in [0, 0.05) is 17.8 Å². The third kappa shape index (κ3) is 4.10. The van der Waals surface area contributed by atoms with Crippen LogP contribution in [0.15, 0.2) is 97.3 Å². The van der Waals surface area contributed by atoms with Crippen molar-refractivity contribution in [3.8, 4) is 28.0 Å². The minimum atomic E-state index is 0.441. The summed E-state index contributed by atoms with van der Waals surface area (Å²) in [6.45, 7) is 4.75. The van der Waals surface area contributed by atoms with Gasteiger partial charge in [0.05, 0.1) is 11.2 Å². The summed E-state index contributed by atoms with van der Waals surface area (Å²) in [7, 11) is 0. The second-order valence-corrected chi connectivity index (χ2v) is 8.03. The van der Waals surface area contributed by atoms with Gasteiger partial charge < -0.3 is 4.74 Å². The summed E-state index contributed by atoms with van der Waals surface area (Å²) >= 11 is 0. The molecule has 156 valence electrons. The summed E-state index contributed by atoms with van der Waals surface area (Å²) in [4.78, 5) is 8.85. The number of aromatic nitrogens is 2. The smallest absolute Gasteiger partial charge is 0.130 e. The van der Waals surface area contributed by atoms with Gasteiger partial charge in [0.1, 0.15) is 12.4 Å². The fourth-order valence-corrected chi connectivity index (χ4v) is 3.90. The Kier molecular flexibility index (Phi) is 5.39. The summed E-state index contributed by atoms with van der Waals surface area (Å²) in [5, 5.41) is 1.14. The number of fused-ring (bicyclic) bond motifs is 1. The van der Waals surface area contributed by atoms with Crippen LogP contribution < -0.4 is 4.74 Å². The molecule has 0 saturated carbocycles. The predicted molar refractivity (Wildman–Crippen MR) is 131 cm³/mol. The first kappa shape index (κ1) is 20.0. The number of para-hydroxylation sites is 1. The number of rotatable bonds is 5. The molecule has 0 aliphatic carbocycles. The molecule has 3 heteroatoms. The van der Waals surface area contributed by atoms with Crippen molar-refractivity contribution in [3.05, 3.63) is 114 Å². The van der Waals surface area contributed by atoms with Crippen LogP contribution in [0.5, 0.6) is 5.75 Å². The van der Waals surface area contributed by atoms with Crippen molar-refractivity contribution in [1.29, 1.82) is 0 Å². The summed E-state index contributed by atoms with van der Waals surface area (Å²) in [6, 6.07) is 29.2. The van der Waals surface area contributed by atoms with Crippen molar-refractivity contribution >= 4 is 10.9 Å². The molecule has 0 unspecified atom stereocenters. The van der Waals surface area contributed by atoms with Crippen molar-refractivity contribution in [2.45, 2.75) is 20.5 Å². The minimum Gasteiger partial charge on any atom is -0.487 e. The van der Waals surface area contributed by atoms with E-state index in [0.29, 0.717) is 6.61 Å². The Morgan fingerprint density at radius 1 is 0.688 bits per heavy atom. The van der Waals surface area contributed by atoms with Crippen LogP contribution in [-0.4, -0.2) is 9.97 Å². The molecular formula is C29H24N2O. The fourth-order valence-electron chi connectivity index (χ4n) is 3.90. The Balaban J connectivity index is 1.39. The molecule has 0 amide bonds. The molecule has 0 saturated heterocycles. The number of nitrogens with zero attached hydrogens (tertiary/aromatic N) is 2. The molecule has 0 fully saturated rings. The SMILES string of the molecule is Cc1cc(-c2ccncc2)c(-c2ccc(OCc3ccc4ccccc4n3)cc2)cc1C. The number of hydrogen-bond acceptors (Lipinski definition) is 3. The summed E-state index contributed by atoms with van der Waals surface area (Å²) in [5.74, 6) is 0.831. The Labute approximate surface area is 188 Å². The highest BCUT2D eigenvalue weighted by molar-refractivity contribution is 5.84. The lowest BCUT2D eigenvalue weighted by Gasteiger charge is -2.14. The van der Waals surface area contributed by atoms with Crippen molar-refractivity contribution < 1.29 is 4.74 Å². The minimum absolute atomic E-state index is 0.441. The lowest BCUT2D eigenvalue weighted by atomic mass is 9.91. The van der Waals surface area contributed by atoms with Crippen LogP contribution in [0.25, 0.3) is 33.2 Å². The molecular weight excluding hydrogens is 392 g/mol. The van der Waals surface area contributed by atoms with Gasteiger partial charge in [-0.2, -0.15) is 0 Å². The van der Waals surface area contributed by atoms with E-state index in [2.05, 4.69) is 72.3 Å². The number of benzene rings is 3. The normalized spacial score (nSPS) is 10.9. The van der Waals surface area contributed by atoms with Gasteiger partial charge >= 0.3 is 0 Å². The maximum atomic E-state index is 6.02. The molecule has 5 rings (SSSR count). The van der Waals surface area contributed by atoms with E-state index in [4.69, 9.17) is 4.74 Å². The number of pyridine rings is 2. The topological polar surface area (TPSA) is 35.0 Å². The van der Waals surface area contributed by atoms with E-state index in [1.54, 1.807) is 0 Å². The van der Waals surface area contributed by atoms with E-state index in [9.17, 15) is 0 Å². The van der Waals surface area contributed by atoms with Crippen LogP contribution in [0.2, 0.25) is 0 Å². The van der Waals surface area contributed by atoms with Crippen LogP contribution in [0.3, 0.4) is 0 Å². The van der Waals surface area contributed by atoms with Crippen molar-refractivity contribution in [2.24, 2.45) is 0 Å². The Morgan fingerprint density at radius 3 is 2.06 bits per heavy atom. The van der Waals surface area contributed by atoms with E-state index < -0.39 is 0 Å². The molecule has 2 aromatic heterocycles. The highest BCUT2D eigenvalue weighted by Gasteiger charge is 2.10. The maximum absolute atomic E-state index is 6.02. The standard InChI is InChI=1S/C29H24N2O/c1-20-17-27(28(18-21(20)2)23-13-15-30-16-14-23)22-8-11-26(12-9-22)32-19-25-10-7-24-5-3-4-6-29(24)31-25/h3-18H,19H2,1-2H3. The maximum Gasteiger partial charge on any atom is 0.130 e. The van der Waals surface area contributed by atoms with Gasteiger partial charge in [-0.05, 0) is 83.6 Å². The predicted octanol–water partition coefficient (Wildman–Crippen LogP) is 7.16. The number of ether oxygens (including phenoxy) is 1. The average molecular weight is 417 g/mol. The number of hydrogen-bond donors (Lipinski definition) is 0. The van der Waals surface area contributed by atoms with Gasteiger partial charge in [0.15, 0.2) is 0 Å². The summed E-state index contributed by atoms with van der Waals surface area (Å²) < 4.78 is 6.02. The van der Waals surface area contributed by atoms with E-state index in [0.717, 1.165) is 27.9 Å². The highest BCUT2D eigenvalue weighted by atomic mass is 16.5. The van der Waals surface area contributed by atoms with Gasteiger partial charge in [-0.25, -0.2) is 4.98 Å². The van der Waals surface area contributed by atoms with Crippen molar-refractivity contribution in [2.75, 3.05) is 0 Å². The first-order valence-corrected chi connectivity index (χ1v) is 10.8. The summed E-state index contributed by atoms with van der Waals surface area (Å²) in [6.07, 6.45) is 3.68. The van der Waals surface area contributed by atoms with E-state index in [1.807, 2.05) is 48.8 Å². The largest absolute Gasteiger partial charge is 0.487 e. The lowest BCUT2D eigenvalue weighted by molar-refractivity contribution is 0.302. The van der Waals surface area contributed by atoms with Crippen LogP contribution in [-0.2, 0) is 6.61 Å². The molecule has 32 heavy (non-hydrogen) atoms. The average Bonchev–Trinajstić information content (AvgIpc) is 2.85. The van der Waals surface area contributed by atoms with Gasteiger partial charge in [-0.3, -0.25) is 4.98 Å². The van der Waals surface area contributed by atoms with Crippen molar-refractivity contribution in [1.82, 2.24) is 9.97 Å².